The summed E-state index contributed by atoms with van der Waals surface area (Å²) in [5, 5.41) is 3.51. The molecule has 2 saturated heterocycles. The average molecular weight is 645 g/mol. The number of fused-ring (bicyclic) bond motifs is 3. The Bertz CT molecular complexity index is 2100. The molecule has 3 aromatic heterocycles. The lowest BCUT2D eigenvalue weighted by atomic mass is 9.72. The predicted octanol–water partition coefficient (Wildman–Crippen LogP) is 5.34. The van der Waals surface area contributed by atoms with Crippen molar-refractivity contribution < 1.29 is 23.2 Å². The Morgan fingerprint density at radius 3 is 2.46 bits per heavy atom. The van der Waals surface area contributed by atoms with Gasteiger partial charge < -0.3 is 15.1 Å². The number of nitrogens with one attached hydrogen (secondary N) is 1. The first-order valence-electron chi connectivity index (χ1n) is 16.0. The molecule has 2 unspecified atom stereocenters. The number of para-hydroxylation sites is 1. The van der Waals surface area contributed by atoms with Crippen molar-refractivity contribution in [3.05, 3.63) is 120 Å². The van der Waals surface area contributed by atoms with Crippen LogP contribution in [0.2, 0.25) is 0 Å². The van der Waals surface area contributed by atoms with Crippen LogP contribution >= 0.6 is 0 Å². The number of benzene rings is 2. The lowest BCUT2D eigenvalue weighted by Gasteiger charge is -2.36. The number of piperidine rings is 1. The highest BCUT2D eigenvalue weighted by Crippen LogP contribution is 2.49. The van der Waals surface area contributed by atoms with Crippen LogP contribution in [0.1, 0.15) is 40.2 Å². The molecule has 0 bridgehead atoms. The van der Waals surface area contributed by atoms with Crippen LogP contribution in [0.15, 0.2) is 91.3 Å². The van der Waals surface area contributed by atoms with Gasteiger partial charge in [0, 0.05) is 49.6 Å². The molecule has 240 valence electrons. The highest BCUT2D eigenvalue weighted by atomic mass is 19.2. The summed E-state index contributed by atoms with van der Waals surface area (Å²) in [6.45, 7) is 0.647. The number of halogens is 2. The van der Waals surface area contributed by atoms with Gasteiger partial charge in [-0.2, -0.15) is 0 Å². The summed E-state index contributed by atoms with van der Waals surface area (Å²) in [6.07, 6.45) is 4.15. The largest absolute Gasteiger partial charge is 0.342 e. The molecule has 3 aliphatic heterocycles. The Hall–Kier alpha value is -5.58. The van der Waals surface area contributed by atoms with Crippen molar-refractivity contribution >= 4 is 34.4 Å². The number of nitrogens with zero attached hydrogens (tertiary/aromatic N) is 5. The van der Waals surface area contributed by atoms with Gasteiger partial charge in [-0.1, -0.05) is 36.4 Å². The number of hydrogen-bond acceptors (Lipinski definition) is 6. The third kappa shape index (κ3) is 4.71. The van der Waals surface area contributed by atoms with Crippen molar-refractivity contribution in [2.45, 2.75) is 24.2 Å². The summed E-state index contributed by atoms with van der Waals surface area (Å²) in [7, 11) is 0. The number of aromatic nitrogens is 3. The zero-order chi connectivity index (χ0) is 33.0. The second-order valence-corrected chi connectivity index (χ2v) is 12.6. The molecule has 1 spiro atoms. The lowest BCUT2D eigenvalue weighted by Crippen LogP contribution is -2.51. The summed E-state index contributed by atoms with van der Waals surface area (Å²) < 4.78 is 28.6. The fraction of sp³-hybridized carbons (Fsp3) is 0.243. The highest BCUT2D eigenvalue weighted by Gasteiger charge is 2.61. The van der Waals surface area contributed by atoms with E-state index in [1.54, 1.807) is 64.7 Å². The summed E-state index contributed by atoms with van der Waals surface area (Å²) in [5.41, 5.74) is 2.09. The quantitative estimate of drug-likeness (QED) is 0.283. The standard InChI is InChI=1S/C37H30F2N6O3/c38-28-10-5-7-23(32(28)39)22-13-17-44(18-14-22)35(47)27-20-45(21-37(27)26-9-1-2-11-29(26)43-36(37)48)34(46)25-19-31(30-12-3-4-15-40-30)42-33-24(25)8-6-16-41-33/h1-12,15-16,19,22,27H,13-14,17-18,20-21H2,(H,43,48). The normalized spacial score (nSPS) is 20.7. The maximum absolute atomic E-state index is 14.6. The fourth-order valence-corrected chi connectivity index (χ4v) is 7.65. The van der Waals surface area contributed by atoms with Gasteiger partial charge in [0.1, 0.15) is 5.41 Å². The fourth-order valence-electron chi connectivity index (χ4n) is 7.65. The minimum absolute atomic E-state index is 0.000939. The van der Waals surface area contributed by atoms with Gasteiger partial charge in [0.05, 0.1) is 22.9 Å². The second-order valence-electron chi connectivity index (χ2n) is 12.6. The van der Waals surface area contributed by atoms with Crippen molar-refractivity contribution in [1.82, 2.24) is 24.8 Å². The monoisotopic (exact) mass is 644 g/mol. The maximum Gasteiger partial charge on any atom is 0.254 e. The van der Waals surface area contributed by atoms with Crippen LogP contribution in [-0.4, -0.2) is 68.7 Å². The maximum atomic E-state index is 14.6. The summed E-state index contributed by atoms with van der Waals surface area (Å²) in [6, 6.07) is 22.1. The van der Waals surface area contributed by atoms with E-state index < -0.39 is 23.0 Å². The summed E-state index contributed by atoms with van der Waals surface area (Å²) in [5.74, 6) is -3.77. The minimum atomic E-state index is -1.31. The van der Waals surface area contributed by atoms with E-state index in [1.165, 1.54) is 6.07 Å². The molecule has 3 amide bonds. The van der Waals surface area contributed by atoms with E-state index in [0.29, 0.717) is 70.7 Å². The van der Waals surface area contributed by atoms with Gasteiger partial charge in [-0.3, -0.25) is 19.4 Å². The van der Waals surface area contributed by atoms with Crippen molar-refractivity contribution in [1.29, 1.82) is 0 Å². The first kappa shape index (κ1) is 29.8. The Kier molecular flexibility index (Phi) is 7.19. The Balaban J connectivity index is 1.14. The molecule has 2 fully saturated rings. The molecule has 11 heteroatoms. The molecule has 0 aliphatic carbocycles. The van der Waals surface area contributed by atoms with Gasteiger partial charge in [-0.25, -0.2) is 18.7 Å². The molecule has 0 radical (unpaired) electrons. The molecule has 6 heterocycles. The Morgan fingerprint density at radius 2 is 1.65 bits per heavy atom. The number of likely N-dealkylation sites (tertiary alicyclic amines) is 2. The van der Waals surface area contributed by atoms with E-state index in [2.05, 4.69) is 20.3 Å². The van der Waals surface area contributed by atoms with Gasteiger partial charge in [0.25, 0.3) is 5.91 Å². The van der Waals surface area contributed by atoms with E-state index in [-0.39, 0.29) is 36.7 Å². The van der Waals surface area contributed by atoms with Crippen LogP contribution in [0, 0.1) is 17.6 Å². The number of carbonyl (C=O) groups excluding carboxylic acids is 3. The molecular formula is C37H30F2N6O3. The molecule has 2 aromatic carbocycles. The topological polar surface area (TPSA) is 108 Å². The van der Waals surface area contributed by atoms with Crippen molar-refractivity contribution in [2.75, 3.05) is 31.5 Å². The third-order valence-electron chi connectivity index (χ3n) is 10.1. The lowest BCUT2D eigenvalue weighted by molar-refractivity contribution is -0.140. The van der Waals surface area contributed by atoms with Crippen molar-refractivity contribution in [3.63, 3.8) is 0 Å². The molecular weight excluding hydrogens is 614 g/mol. The Morgan fingerprint density at radius 1 is 0.854 bits per heavy atom. The molecule has 8 rings (SSSR count). The number of pyridine rings is 3. The zero-order valence-corrected chi connectivity index (χ0v) is 25.8. The van der Waals surface area contributed by atoms with E-state index >= 15 is 0 Å². The van der Waals surface area contributed by atoms with E-state index in [0.717, 1.165) is 6.07 Å². The van der Waals surface area contributed by atoms with Crippen molar-refractivity contribution in [3.8, 4) is 11.4 Å². The number of hydrogen-bond donors (Lipinski definition) is 1. The summed E-state index contributed by atoms with van der Waals surface area (Å²) in [4.78, 5) is 59.8. The number of anilines is 1. The van der Waals surface area contributed by atoms with Crippen LogP contribution in [0.4, 0.5) is 14.5 Å². The van der Waals surface area contributed by atoms with Crippen LogP contribution in [-0.2, 0) is 15.0 Å². The van der Waals surface area contributed by atoms with Gasteiger partial charge in [-0.15, -0.1) is 0 Å². The molecule has 2 atom stereocenters. The van der Waals surface area contributed by atoms with E-state index in [1.807, 2.05) is 24.3 Å². The highest BCUT2D eigenvalue weighted by molar-refractivity contribution is 6.12. The zero-order valence-electron chi connectivity index (χ0n) is 25.8. The number of amides is 3. The minimum Gasteiger partial charge on any atom is -0.342 e. The first-order valence-corrected chi connectivity index (χ1v) is 16.0. The van der Waals surface area contributed by atoms with Crippen LogP contribution in [0.25, 0.3) is 22.4 Å². The summed E-state index contributed by atoms with van der Waals surface area (Å²) >= 11 is 0. The molecule has 0 saturated carbocycles. The molecule has 5 aromatic rings. The van der Waals surface area contributed by atoms with Crippen LogP contribution in [0.3, 0.4) is 0 Å². The van der Waals surface area contributed by atoms with Crippen LogP contribution in [0.5, 0.6) is 0 Å². The van der Waals surface area contributed by atoms with Gasteiger partial charge in [0.2, 0.25) is 11.8 Å². The molecule has 48 heavy (non-hydrogen) atoms. The van der Waals surface area contributed by atoms with E-state index in [4.69, 9.17) is 0 Å². The Labute approximate surface area is 274 Å². The van der Waals surface area contributed by atoms with Gasteiger partial charge >= 0.3 is 0 Å². The van der Waals surface area contributed by atoms with Crippen molar-refractivity contribution in [2.24, 2.45) is 5.92 Å². The van der Waals surface area contributed by atoms with Crippen LogP contribution < -0.4 is 5.32 Å². The number of carbonyl (C=O) groups is 3. The third-order valence-corrected chi connectivity index (χ3v) is 10.1. The molecule has 1 N–H and O–H groups in total. The van der Waals surface area contributed by atoms with Gasteiger partial charge in [-0.05, 0) is 72.4 Å². The smallest absolute Gasteiger partial charge is 0.254 e. The second kappa shape index (κ2) is 11.6. The number of rotatable bonds is 4. The predicted molar refractivity (Wildman–Crippen MR) is 174 cm³/mol. The molecule has 9 nitrogen and oxygen atoms in total. The van der Waals surface area contributed by atoms with Gasteiger partial charge in [0.15, 0.2) is 17.3 Å². The first-order chi connectivity index (χ1) is 23.3. The SMILES string of the molecule is O=C(c1cc(-c2ccccn2)nc2ncccc12)N1CC(C(=O)N2CCC(c3cccc(F)c3F)CC2)C2(C1)C(=O)Nc1ccccc12. The molecule has 3 aliphatic rings. The van der Waals surface area contributed by atoms with E-state index in [9.17, 15) is 23.2 Å². The average Bonchev–Trinajstić information content (AvgIpc) is 3.67.